The van der Waals surface area contributed by atoms with Crippen LogP contribution in [-0.4, -0.2) is 35.5 Å². The summed E-state index contributed by atoms with van der Waals surface area (Å²) in [6.07, 6.45) is 3.90. The van der Waals surface area contributed by atoms with Crippen molar-refractivity contribution in [1.29, 1.82) is 0 Å². The maximum Gasteiger partial charge on any atom is 0.243 e. The summed E-state index contributed by atoms with van der Waals surface area (Å²) in [4.78, 5) is 14.5. The van der Waals surface area contributed by atoms with E-state index in [0.717, 1.165) is 35.8 Å². The smallest absolute Gasteiger partial charge is 0.243 e. The largest absolute Gasteiger partial charge is 0.370 e. The molecule has 0 aliphatic carbocycles. The van der Waals surface area contributed by atoms with Crippen molar-refractivity contribution in [2.24, 2.45) is 5.73 Å². The molecule has 2 bridgehead atoms. The Labute approximate surface area is 127 Å². The fourth-order valence-corrected chi connectivity index (χ4v) is 4.04. The summed E-state index contributed by atoms with van der Waals surface area (Å²) in [5.74, 6) is -0.238. The van der Waals surface area contributed by atoms with Crippen LogP contribution in [0, 0.1) is 0 Å². The van der Waals surface area contributed by atoms with Crippen LogP contribution in [0.5, 0.6) is 0 Å². The summed E-state index contributed by atoms with van der Waals surface area (Å²) in [6, 6.07) is 8.79. The maximum atomic E-state index is 12.1. The zero-order valence-corrected chi connectivity index (χ0v) is 13.2. The molecule has 108 valence electrons. The Morgan fingerprint density at radius 1 is 1.35 bits per heavy atom. The number of para-hydroxylation sites is 1. The molecule has 2 atom stereocenters. The van der Waals surface area contributed by atoms with Gasteiger partial charge in [-0.2, -0.15) is 0 Å². The summed E-state index contributed by atoms with van der Waals surface area (Å²) in [5, 5.41) is 3.44. The van der Waals surface area contributed by atoms with Crippen molar-refractivity contribution in [3.05, 3.63) is 28.7 Å². The van der Waals surface area contributed by atoms with Gasteiger partial charge in [0.25, 0.3) is 0 Å². The van der Waals surface area contributed by atoms with Gasteiger partial charge in [-0.15, -0.1) is 0 Å². The molecule has 3 rings (SSSR count). The van der Waals surface area contributed by atoms with Gasteiger partial charge < -0.3 is 16.0 Å². The molecule has 1 aromatic rings. The summed E-state index contributed by atoms with van der Waals surface area (Å²) in [7, 11) is 2.16. The molecule has 0 radical (unpaired) electrons. The number of rotatable bonds is 3. The van der Waals surface area contributed by atoms with Gasteiger partial charge in [0.1, 0.15) is 5.54 Å². The van der Waals surface area contributed by atoms with Crippen molar-refractivity contribution < 1.29 is 4.79 Å². The molecule has 2 saturated heterocycles. The molecule has 2 unspecified atom stereocenters. The van der Waals surface area contributed by atoms with E-state index in [2.05, 4.69) is 33.2 Å². The summed E-state index contributed by atoms with van der Waals surface area (Å²) < 4.78 is 0.965. The highest BCUT2D eigenvalue weighted by atomic mass is 79.9. The van der Waals surface area contributed by atoms with Crippen LogP contribution in [0.1, 0.15) is 25.7 Å². The Morgan fingerprint density at radius 3 is 2.50 bits per heavy atom. The van der Waals surface area contributed by atoms with Crippen molar-refractivity contribution in [2.45, 2.75) is 43.3 Å². The number of hydrogen-bond acceptors (Lipinski definition) is 3. The number of halogens is 1. The van der Waals surface area contributed by atoms with Crippen molar-refractivity contribution >= 4 is 27.5 Å². The van der Waals surface area contributed by atoms with E-state index in [-0.39, 0.29) is 5.91 Å². The van der Waals surface area contributed by atoms with Crippen LogP contribution in [0.3, 0.4) is 0 Å². The minimum absolute atomic E-state index is 0.238. The molecule has 1 amide bonds. The van der Waals surface area contributed by atoms with Crippen LogP contribution in [0.25, 0.3) is 0 Å². The van der Waals surface area contributed by atoms with Gasteiger partial charge in [-0.1, -0.05) is 12.1 Å². The Morgan fingerprint density at radius 2 is 1.95 bits per heavy atom. The number of nitrogens with two attached hydrogens (primary N) is 1. The summed E-state index contributed by atoms with van der Waals surface area (Å²) in [5.41, 5.74) is 6.08. The van der Waals surface area contributed by atoms with Crippen molar-refractivity contribution in [3.8, 4) is 0 Å². The molecule has 2 aliphatic heterocycles. The lowest BCUT2D eigenvalue weighted by atomic mass is 9.82. The molecule has 2 fully saturated rings. The minimum atomic E-state index is -0.623. The van der Waals surface area contributed by atoms with Crippen LogP contribution < -0.4 is 11.1 Å². The number of piperidine rings is 1. The van der Waals surface area contributed by atoms with Gasteiger partial charge in [0, 0.05) is 22.2 Å². The number of nitrogens with zero attached hydrogens (tertiary/aromatic N) is 1. The standard InChI is InChI=1S/C15H20BrN3O/c1-19-10-6-7-11(19)9-15(8-10,14(17)20)18-13-5-3-2-4-12(13)16/h2-5,10-11,18H,6-9H2,1H3,(H2,17,20). The van der Waals surface area contributed by atoms with Gasteiger partial charge in [0.05, 0.1) is 0 Å². The van der Waals surface area contributed by atoms with E-state index in [4.69, 9.17) is 5.73 Å². The quantitative estimate of drug-likeness (QED) is 0.889. The van der Waals surface area contributed by atoms with Crippen LogP contribution in [0.2, 0.25) is 0 Å². The third kappa shape index (κ3) is 2.23. The Kier molecular flexibility index (Phi) is 3.50. The first-order valence-corrected chi connectivity index (χ1v) is 7.86. The molecule has 1 aromatic carbocycles. The van der Waals surface area contributed by atoms with Gasteiger partial charge in [-0.05, 0) is 60.8 Å². The zero-order valence-electron chi connectivity index (χ0n) is 11.6. The van der Waals surface area contributed by atoms with E-state index >= 15 is 0 Å². The molecule has 2 aliphatic rings. The molecule has 0 spiro atoms. The maximum absolute atomic E-state index is 12.1. The van der Waals surface area contributed by atoms with Gasteiger partial charge >= 0.3 is 0 Å². The van der Waals surface area contributed by atoms with E-state index in [1.54, 1.807) is 0 Å². The number of hydrogen-bond donors (Lipinski definition) is 2. The molecule has 5 heteroatoms. The summed E-state index contributed by atoms with van der Waals surface area (Å²) in [6.45, 7) is 0. The average molecular weight is 338 g/mol. The highest BCUT2D eigenvalue weighted by molar-refractivity contribution is 9.10. The van der Waals surface area contributed by atoms with Crippen LogP contribution in [0.15, 0.2) is 28.7 Å². The van der Waals surface area contributed by atoms with Gasteiger partial charge in [0.15, 0.2) is 0 Å². The molecule has 0 saturated carbocycles. The van der Waals surface area contributed by atoms with E-state index in [1.165, 1.54) is 0 Å². The number of carbonyl (C=O) groups is 1. The number of primary amides is 1. The lowest BCUT2D eigenvalue weighted by molar-refractivity contribution is -0.124. The van der Waals surface area contributed by atoms with Crippen LogP contribution in [0.4, 0.5) is 5.69 Å². The molecular formula is C15H20BrN3O. The highest BCUT2D eigenvalue weighted by Crippen LogP contribution is 2.42. The predicted molar refractivity (Wildman–Crippen MR) is 83.5 cm³/mol. The first-order valence-electron chi connectivity index (χ1n) is 7.06. The number of nitrogens with one attached hydrogen (secondary N) is 1. The van der Waals surface area contributed by atoms with Gasteiger partial charge in [-0.3, -0.25) is 4.79 Å². The number of benzene rings is 1. The lowest BCUT2D eigenvalue weighted by Gasteiger charge is -2.44. The first-order chi connectivity index (χ1) is 9.52. The van der Waals surface area contributed by atoms with E-state index in [9.17, 15) is 4.79 Å². The van der Waals surface area contributed by atoms with Gasteiger partial charge in [0.2, 0.25) is 5.91 Å². The molecule has 0 aromatic heterocycles. The van der Waals surface area contributed by atoms with Crippen molar-refractivity contribution in [2.75, 3.05) is 12.4 Å². The Hall–Kier alpha value is -1.07. The predicted octanol–water partition coefficient (Wildman–Crippen LogP) is 2.34. The lowest BCUT2D eigenvalue weighted by Crippen LogP contribution is -2.60. The third-order valence-electron chi connectivity index (χ3n) is 4.87. The fourth-order valence-electron chi connectivity index (χ4n) is 3.66. The second-order valence-electron chi connectivity index (χ2n) is 6.01. The first kappa shape index (κ1) is 13.9. The summed E-state index contributed by atoms with van der Waals surface area (Å²) >= 11 is 3.53. The van der Waals surface area contributed by atoms with E-state index in [1.807, 2.05) is 24.3 Å². The molecule has 3 N–H and O–H groups in total. The van der Waals surface area contributed by atoms with Crippen LogP contribution >= 0.6 is 15.9 Å². The van der Waals surface area contributed by atoms with E-state index < -0.39 is 5.54 Å². The molecular weight excluding hydrogens is 318 g/mol. The normalized spacial score (nSPS) is 33.1. The number of fused-ring (bicyclic) bond motifs is 2. The van der Waals surface area contributed by atoms with Crippen molar-refractivity contribution in [3.63, 3.8) is 0 Å². The average Bonchev–Trinajstić information content (AvgIpc) is 2.64. The van der Waals surface area contributed by atoms with Gasteiger partial charge in [-0.25, -0.2) is 0 Å². The zero-order chi connectivity index (χ0) is 14.3. The SMILES string of the molecule is CN1C2CCC1CC(Nc1ccccc1Br)(C(N)=O)C2. The third-order valence-corrected chi connectivity index (χ3v) is 5.56. The number of amides is 1. The Bertz CT molecular complexity index is 520. The topological polar surface area (TPSA) is 58.4 Å². The fraction of sp³-hybridized carbons (Fsp3) is 0.533. The second kappa shape index (κ2) is 5.04. The molecule has 20 heavy (non-hydrogen) atoms. The minimum Gasteiger partial charge on any atom is -0.370 e. The van der Waals surface area contributed by atoms with Crippen LogP contribution in [-0.2, 0) is 4.79 Å². The number of anilines is 1. The molecule has 2 heterocycles. The molecule has 4 nitrogen and oxygen atoms in total. The monoisotopic (exact) mass is 337 g/mol. The number of carbonyl (C=O) groups excluding carboxylic acids is 1. The highest BCUT2D eigenvalue weighted by Gasteiger charge is 2.50. The second-order valence-corrected chi connectivity index (χ2v) is 6.86. The van der Waals surface area contributed by atoms with E-state index in [0.29, 0.717) is 12.1 Å². The van der Waals surface area contributed by atoms with Crippen molar-refractivity contribution in [1.82, 2.24) is 4.90 Å². The Balaban J connectivity index is 1.91.